The molecule has 0 aliphatic rings. The van der Waals surface area contributed by atoms with E-state index in [4.69, 9.17) is 4.74 Å². The quantitative estimate of drug-likeness (QED) is 0.835. The average Bonchev–Trinajstić information content (AvgIpc) is 2.50. The van der Waals surface area contributed by atoms with Crippen LogP contribution in [0.3, 0.4) is 0 Å². The number of hydrogen-bond acceptors (Lipinski definition) is 4. The lowest BCUT2D eigenvalue weighted by atomic mass is 10.2. The molecule has 5 nitrogen and oxygen atoms in total. The molecular formula is C18H24N2O3S. The molecule has 24 heavy (non-hydrogen) atoms. The fourth-order valence-corrected chi connectivity index (χ4v) is 3.14. The molecule has 6 heteroatoms. The van der Waals surface area contributed by atoms with Crippen molar-refractivity contribution in [2.24, 2.45) is 0 Å². The minimum Gasteiger partial charge on any atom is -0.492 e. The Morgan fingerprint density at radius 3 is 2.33 bits per heavy atom. The molecule has 0 aromatic heterocycles. The van der Waals surface area contributed by atoms with E-state index in [0.717, 1.165) is 17.7 Å². The summed E-state index contributed by atoms with van der Waals surface area (Å²) in [5.74, 6) is 0.681. The van der Waals surface area contributed by atoms with Gasteiger partial charge in [0.25, 0.3) is 10.0 Å². The van der Waals surface area contributed by atoms with Crippen molar-refractivity contribution >= 4 is 15.7 Å². The molecule has 0 saturated heterocycles. The Hall–Kier alpha value is -2.05. The highest BCUT2D eigenvalue weighted by atomic mass is 32.2. The summed E-state index contributed by atoms with van der Waals surface area (Å²) in [6.45, 7) is 5.19. The molecule has 0 unspecified atom stereocenters. The van der Waals surface area contributed by atoms with Crippen molar-refractivity contribution < 1.29 is 13.2 Å². The van der Waals surface area contributed by atoms with Gasteiger partial charge in [0.15, 0.2) is 0 Å². The number of sulfonamides is 1. The summed E-state index contributed by atoms with van der Waals surface area (Å²) in [7, 11) is 0.342. The number of hydrogen-bond donors (Lipinski definition) is 1. The molecule has 0 amide bonds. The van der Waals surface area contributed by atoms with Gasteiger partial charge in [0, 0.05) is 12.6 Å². The van der Waals surface area contributed by atoms with Crippen LogP contribution < -0.4 is 9.46 Å². The number of ether oxygens (including phenoxy) is 1. The van der Waals surface area contributed by atoms with Crippen LogP contribution in [0.1, 0.15) is 11.1 Å². The summed E-state index contributed by atoms with van der Waals surface area (Å²) in [6.07, 6.45) is 0. The lowest BCUT2D eigenvalue weighted by Gasteiger charge is -2.14. The zero-order valence-electron chi connectivity index (χ0n) is 14.5. The smallest absolute Gasteiger partial charge is 0.261 e. The summed E-state index contributed by atoms with van der Waals surface area (Å²) < 4.78 is 33.3. The van der Waals surface area contributed by atoms with Gasteiger partial charge >= 0.3 is 0 Å². The Kier molecular flexibility index (Phi) is 5.85. The molecule has 0 fully saturated rings. The van der Waals surface area contributed by atoms with Crippen molar-refractivity contribution in [2.75, 3.05) is 32.0 Å². The van der Waals surface area contributed by atoms with E-state index < -0.39 is 10.0 Å². The van der Waals surface area contributed by atoms with Crippen LogP contribution in [0.4, 0.5) is 5.69 Å². The number of aryl methyl sites for hydroxylation is 2. The Balaban J connectivity index is 2.15. The summed E-state index contributed by atoms with van der Waals surface area (Å²) in [6, 6.07) is 12.0. The summed E-state index contributed by atoms with van der Waals surface area (Å²) in [4.78, 5) is 2.27. The summed E-state index contributed by atoms with van der Waals surface area (Å²) in [5.41, 5.74) is 2.47. The van der Waals surface area contributed by atoms with Gasteiger partial charge in [-0.05, 0) is 51.7 Å². The van der Waals surface area contributed by atoms with E-state index in [9.17, 15) is 8.42 Å². The monoisotopic (exact) mass is 348 g/mol. The zero-order chi connectivity index (χ0) is 17.7. The number of rotatable bonds is 7. The number of anilines is 1. The van der Waals surface area contributed by atoms with Crippen LogP contribution in [0, 0.1) is 13.8 Å². The maximum Gasteiger partial charge on any atom is 0.261 e. The zero-order valence-corrected chi connectivity index (χ0v) is 15.4. The van der Waals surface area contributed by atoms with Gasteiger partial charge in [-0.15, -0.1) is 0 Å². The Morgan fingerprint density at radius 1 is 1.04 bits per heavy atom. The predicted octanol–water partition coefficient (Wildman–Crippen LogP) is 3.04. The molecule has 1 N–H and O–H groups in total. The van der Waals surface area contributed by atoms with Gasteiger partial charge in [-0.3, -0.25) is 4.72 Å². The number of benzene rings is 2. The van der Waals surface area contributed by atoms with Crippen LogP contribution >= 0.6 is 0 Å². The molecule has 0 heterocycles. The Morgan fingerprint density at radius 2 is 1.71 bits per heavy atom. The fraction of sp³-hybridized carbons (Fsp3) is 0.333. The minimum atomic E-state index is -3.61. The molecule has 0 saturated carbocycles. The second-order valence-corrected chi connectivity index (χ2v) is 7.73. The van der Waals surface area contributed by atoms with Crippen molar-refractivity contribution in [3.8, 4) is 5.75 Å². The van der Waals surface area contributed by atoms with E-state index in [-0.39, 0.29) is 4.90 Å². The summed E-state index contributed by atoms with van der Waals surface area (Å²) >= 11 is 0. The molecule has 2 rings (SSSR count). The molecule has 2 aromatic carbocycles. The normalized spacial score (nSPS) is 11.5. The highest BCUT2D eigenvalue weighted by Crippen LogP contribution is 2.24. The third-order valence-electron chi connectivity index (χ3n) is 3.57. The Bertz CT molecular complexity index is 784. The molecular weight excluding hydrogens is 324 g/mol. The number of nitrogens with one attached hydrogen (secondary N) is 1. The molecule has 0 radical (unpaired) electrons. The molecule has 0 aliphatic carbocycles. The lowest BCUT2D eigenvalue weighted by Crippen LogP contribution is -2.19. The lowest BCUT2D eigenvalue weighted by molar-refractivity contribution is 0.260. The van der Waals surface area contributed by atoms with Crippen LogP contribution in [0.2, 0.25) is 0 Å². The first-order valence-corrected chi connectivity index (χ1v) is 9.24. The average molecular weight is 348 g/mol. The van der Waals surface area contributed by atoms with E-state index in [1.807, 2.05) is 38.9 Å². The van der Waals surface area contributed by atoms with Gasteiger partial charge in [-0.2, -0.15) is 0 Å². The predicted molar refractivity (Wildman–Crippen MR) is 97.2 cm³/mol. The first-order chi connectivity index (χ1) is 11.3. The highest BCUT2D eigenvalue weighted by Gasteiger charge is 2.14. The SMILES string of the molecule is Cc1ccc(S(=O)(=O)Nc2ccc(C)c(OCCN(C)C)c2)cc1. The highest BCUT2D eigenvalue weighted by molar-refractivity contribution is 7.92. The van der Waals surface area contributed by atoms with E-state index in [1.165, 1.54) is 0 Å². The maximum atomic E-state index is 12.5. The maximum absolute atomic E-state index is 12.5. The molecule has 0 aliphatic heterocycles. The van der Waals surface area contributed by atoms with Crippen molar-refractivity contribution in [1.29, 1.82) is 0 Å². The molecule has 0 atom stereocenters. The second kappa shape index (κ2) is 7.68. The molecule has 2 aromatic rings. The van der Waals surface area contributed by atoms with Gasteiger partial charge in [0.05, 0.1) is 10.6 Å². The van der Waals surface area contributed by atoms with Gasteiger partial charge in [0.1, 0.15) is 12.4 Å². The van der Waals surface area contributed by atoms with Gasteiger partial charge in [-0.1, -0.05) is 23.8 Å². The second-order valence-electron chi connectivity index (χ2n) is 6.05. The van der Waals surface area contributed by atoms with Crippen molar-refractivity contribution in [3.05, 3.63) is 53.6 Å². The van der Waals surface area contributed by atoms with E-state index in [1.54, 1.807) is 36.4 Å². The standard InChI is InChI=1S/C18H24N2O3S/c1-14-5-9-17(10-6-14)24(21,22)19-16-8-7-15(2)18(13-16)23-12-11-20(3)4/h5-10,13,19H,11-12H2,1-4H3. The minimum absolute atomic E-state index is 0.240. The van der Waals surface area contributed by atoms with E-state index in [0.29, 0.717) is 18.0 Å². The molecule has 0 bridgehead atoms. The van der Waals surface area contributed by atoms with Crippen molar-refractivity contribution in [3.63, 3.8) is 0 Å². The van der Waals surface area contributed by atoms with E-state index >= 15 is 0 Å². The van der Waals surface area contributed by atoms with Gasteiger partial charge in [-0.25, -0.2) is 8.42 Å². The topological polar surface area (TPSA) is 58.6 Å². The first kappa shape index (κ1) is 18.3. The van der Waals surface area contributed by atoms with Crippen LogP contribution in [0.15, 0.2) is 47.4 Å². The Labute approximate surface area is 144 Å². The largest absolute Gasteiger partial charge is 0.492 e. The van der Waals surface area contributed by atoms with Crippen LogP contribution in [-0.4, -0.2) is 40.6 Å². The van der Waals surface area contributed by atoms with Crippen molar-refractivity contribution in [1.82, 2.24) is 4.90 Å². The summed E-state index contributed by atoms with van der Waals surface area (Å²) in [5, 5.41) is 0. The van der Waals surface area contributed by atoms with Gasteiger partial charge < -0.3 is 9.64 Å². The molecule has 130 valence electrons. The van der Waals surface area contributed by atoms with Gasteiger partial charge in [0.2, 0.25) is 0 Å². The third kappa shape index (κ3) is 4.97. The van der Waals surface area contributed by atoms with Crippen molar-refractivity contribution in [2.45, 2.75) is 18.7 Å². The van der Waals surface area contributed by atoms with Crippen LogP contribution in [0.5, 0.6) is 5.75 Å². The van der Waals surface area contributed by atoms with Crippen LogP contribution in [-0.2, 0) is 10.0 Å². The molecule has 0 spiro atoms. The third-order valence-corrected chi connectivity index (χ3v) is 4.96. The fourth-order valence-electron chi connectivity index (χ4n) is 2.09. The number of nitrogens with zero attached hydrogens (tertiary/aromatic N) is 1. The first-order valence-electron chi connectivity index (χ1n) is 7.75. The van der Waals surface area contributed by atoms with Crippen LogP contribution in [0.25, 0.3) is 0 Å². The number of likely N-dealkylation sites (N-methyl/N-ethyl adjacent to an activating group) is 1. The van der Waals surface area contributed by atoms with E-state index in [2.05, 4.69) is 4.72 Å².